The quantitative estimate of drug-likeness (QED) is 0.488. The zero-order valence-corrected chi connectivity index (χ0v) is 11.8. The maximum Gasteiger partial charge on any atom is -0.0191 e. The molecule has 0 aromatic heterocycles. The van der Waals surface area contributed by atoms with Crippen LogP contribution in [0, 0.1) is 0 Å². The van der Waals surface area contributed by atoms with E-state index in [0.717, 1.165) is 17.6 Å². The van der Waals surface area contributed by atoms with Crippen LogP contribution >= 0.6 is 0 Å². The lowest BCUT2D eigenvalue weighted by Crippen LogP contribution is -1.95. The lowest BCUT2D eigenvalue weighted by molar-refractivity contribution is 0.787. The molecule has 0 bridgehead atoms. The fraction of sp³-hybridized carbons (Fsp3) is 0.412. The van der Waals surface area contributed by atoms with Gasteiger partial charge in [-0.1, -0.05) is 56.4 Å². The summed E-state index contributed by atoms with van der Waals surface area (Å²) in [6.07, 6.45) is 11.5. The fourth-order valence-electron chi connectivity index (χ4n) is 1.79. The Balaban J connectivity index is 5.13. The summed E-state index contributed by atoms with van der Waals surface area (Å²) in [6.45, 7) is 16.6. The molecule has 0 fully saturated rings. The van der Waals surface area contributed by atoms with Crippen molar-refractivity contribution in [3.05, 3.63) is 59.8 Å². The molecule has 0 atom stereocenters. The van der Waals surface area contributed by atoms with Gasteiger partial charge in [-0.05, 0) is 50.3 Å². The molecule has 0 radical (unpaired) electrons. The van der Waals surface area contributed by atoms with Gasteiger partial charge in [-0.25, -0.2) is 0 Å². The summed E-state index contributed by atoms with van der Waals surface area (Å²) >= 11 is 0. The van der Waals surface area contributed by atoms with Crippen molar-refractivity contribution >= 4 is 0 Å². The second-order valence-corrected chi connectivity index (χ2v) is 4.42. The highest BCUT2D eigenvalue weighted by atomic mass is 14.1. The Morgan fingerprint density at radius 1 is 1.24 bits per heavy atom. The maximum atomic E-state index is 4.24. The molecule has 0 rings (SSSR count). The third kappa shape index (κ3) is 5.53. The Hall–Kier alpha value is -1.30. The third-order valence-electron chi connectivity index (χ3n) is 2.74. The number of allylic oxidation sites excluding steroid dienone is 8. The van der Waals surface area contributed by atoms with Gasteiger partial charge < -0.3 is 0 Å². The molecule has 0 nitrogen and oxygen atoms in total. The first kappa shape index (κ1) is 15.7. The van der Waals surface area contributed by atoms with Gasteiger partial charge in [0.1, 0.15) is 0 Å². The van der Waals surface area contributed by atoms with Crippen LogP contribution in [0.5, 0.6) is 0 Å². The minimum atomic E-state index is 1.11. The van der Waals surface area contributed by atoms with E-state index in [0.29, 0.717) is 0 Å². The average Bonchev–Trinajstić information content (AvgIpc) is 2.28. The maximum absolute atomic E-state index is 4.24. The summed E-state index contributed by atoms with van der Waals surface area (Å²) in [7, 11) is 0. The van der Waals surface area contributed by atoms with Crippen LogP contribution < -0.4 is 0 Å². The first-order chi connectivity index (χ1) is 8.08. The van der Waals surface area contributed by atoms with Crippen molar-refractivity contribution in [3.8, 4) is 0 Å². The molecule has 0 heterocycles. The predicted octanol–water partition coefficient (Wildman–Crippen LogP) is 5.76. The van der Waals surface area contributed by atoms with E-state index in [1.54, 1.807) is 0 Å². The van der Waals surface area contributed by atoms with Gasteiger partial charge in [0.15, 0.2) is 0 Å². The van der Waals surface area contributed by atoms with Gasteiger partial charge in [0, 0.05) is 0 Å². The molecule has 0 saturated carbocycles. The molecule has 0 aromatic carbocycles. The highest BCUT2D eigenvalue weighted by Gasteiger charge is 2.07. The minimum absolute atomic E-state index is 1.11. The Morgan fingerprint density at radius 3 is 2.29 bits per heavy atom. The normalized spacial score (nSPS) is 11.6. The van der Waals surface area contributed by atoms with Gasteiger partial charge in [0.25, 0.3) is 0 Å². The Morgan fingerprint density at radius 2 is 1.88 bits per heavy atom. The highest BCUT2D eigenvalue weighted by Crippen LogP contribution is 2.26. The summed E-state index contributed by atoms with van der Waals surface area (Å²) in [5.74, 6) is 0. The number of hydrogen-bond donors (Lipinski definition) is 0. The summed E-state index contributed by atoms with van der Waals surface area (Å²) < 4.78 is 0. The summed E-state index contributed by atoms with van der Waals surface area (Å²) in [4.78, 5) is 0. The van der Waals surface area contributed by atoms with E-state index in [2.05, 4.69) is 40.0 Å². The van der Waals surface area contributed by atoms with Crippen molar-refractivity contribution in [3.63, 3.8) is 0 Å². The van der Waals surface area contributed by atoms with E-state index in [-0.39, 0.29) is 0 Å². The van der Waals surface area contributed by atoms with Crippen LogP contribution in [0.3, 0.4) is 0 Å². The molecule has 0 aliphatic rings. The standard InChI is InChI=1S/C17H26/c1-7-10-13-17(14(4)5)15(6)16(11-8-2)12-9-3/h8-9,11-12H,2,6-7,10,13H2,1,3-5H3/b12-9-,16-11+. The molecular formula is C17H26. The summed E-state index contributed by atoms with van der Waals surface area (Å²) in [5.41, 5.74) is 5.05. The molecule has 0 aliphatic heterocycles. The van der Waals surface area contributed by atoms with E-state index < -0.39 is 0 Å². The van der Waals surface area contributed by atoms with Gasteiger partial charge >= 0.3 is 0 Å². The first-order valence-electron chi connectivity index (χ1n) is 6.39. The van der Waals surface area contributed by atoms with Gasteiger partial charge in [-0.2, -0.15) is 0 Å². The number of rotatable bonds is 7. The predicted molar refractivity (Wildman–Crippen MR) is 80.1 cm³/mol. The molecule has 0 saturated heterocycles. The number of unbranched alkanes of at least 4 members (excludes halogenated alkanes) is 1. The molecular weight excluding hydrogens is 204 g/mol. The Kier molecular flexibility index (Phi) is 8.13. The first-order valence-corrected chi connectivity index (χ1v) is 6.39. The van der Waals surface area contributed by atoms with Crippen molar-refractivity contribution in [2.45, 2.75) is 47.0 Å². The largest absolute Gasteiger partial charge is 0.0990 e. The lowest BCUT2D eigenvalue weighted by Gasteiger charge is -2.14. The van der Waals surface area contributed by atoms with Gasteiger partial charge in [-0.15, -0.1) is 0 Å². The second-order valence-electron chi connectivity index (χ2n) is 4.42. The smallest absolute Gasteiger partial charge is 0.0191 e. The van der Waals surface area contributed by atoms with Crippen molar-refractivity contribution in [2.75, 3.05) is 0 Å². The van der Waals surface area contributed by atoms with E-state index in [4.69, 9.17) is 0 Å². The van der Waals surface area contributed by atoms with Crippen LogP contribution in [0.25, 0.3) is 0 Å². The van der Waals surface area contributed by atoms with E-state index in [9.17, 15) is 0 Å². The van der Waals surface area contributed by atoms with Crippen LogP contribution in [-0.2, 0) is 0 Å². The van der Waals surface area contributed by atoms with E-state index in [1.807, 2.05) is 25.2 Å². The molecule has 94 valence electrons. The summed E-state index contributed by atoms with van der Waals surface area (Å²) in [5, 5.41) is 0. The molecule has 0 unspecified atom stereocenters. The molecule has 17 heavy (non-hydrogen) atoms. The number of hydrogen-bond acceptors (Lipinski definition) is 0. The highest BCUT2D eigenvalue weighted by molar-refractivity contribution is 5.52. The van der Waals surface area contributed by atoms with Gasteiger partial charge in [0.2, 0.25) is 0 Å². The molecule has 0 aromatic rings. The third-order valence-corrected chi connectivity index (χ3v) is 2.74. The van der Waals surface area contributed by atoms with Crippen LogP contribution in [0.4, 0.5) is 0 Å². The van der Waals surface area contributed by atoms with Crippen molar-refractivity contribution in [1.82, 2.24) is 0 Å². The van der Waals surface area contributed by atoms with Crippen molar-refractivity contribution in [2.24, 2.45) is 0 Å². The van der Waals surface area contributed by atoms with E-state index in [1.165, 1.54) is 24.0 Å². The zero-order chi connectivity index (χ0) is 13.3. The molecule has 0 amide bonds. The molecule has 0 heteroatoms. The van der Waals surface area contributed by atoms with Gasteiger partial charge in [0.05, 0.1) is 0 Å². The Labute approximate surface area is 107 Å². The monoisotopic (exact) mass is 230 g/mol. The topological polar surface area (TPSA) is 0 Å². The van der Waals surface area contributed by atoms with Crippen molar-refractivity contribution in [1.29, 1.82) is 0 Å². The van der Waals surface area contributed by atoms with Crippen LogP contribution in [0.1, 0.15) is 47.0 Å². The fourth-order valence-corrected chi connectivity index (χ4v) is 1.79. The molecule has 0 aliphatic carbocycles. The average molecular weight is 230 g/mol. The molecule has 0 spiro atoms. The molecule has 0 N–H and O–H groups in total. The van der Waals surface area contributed by atoms with Crippen molar-refractivity contribution < 1.29 is 0 Å². The van der Waals surface area contributed by atoms with Crippen LogP contribution in [-0.4, -0.2) is 0 Å². The minimum Gasteiger partial charge on any atom is -0.0990 e. The Bertz CT molecular complexity index is 344. The lowest BCUT2D eigenvalue weighted by atomic mass is 9.91. The zero-order valence-electron chi connectivity index (χ0n) is 11.8. The van der Waals surface area contributed by atoms with Crippen LogP contribution in [0.2, 0.25) is 0 Å². The second kappa shape index (κ2) is 8.81. The summed E-state index contributed by atoms with van der Waals surface area (Å²) in [6, 6.07) is 0. The van der Waals surface area contributed by atoms with Gasteiger partial charge in [-0.3, -0.25) is 0 Å². The van der Waals surface area contributed by atoms with E-state index >= 15 is 0 Å². The SMILES string of the molecule is C=C/C=C(\C=C/C)C(=C)C(CCCC)=C(C)C. The van der Waals surface area contributed by atoms with Crippen LogP contribution in [0.15, 0.2) is 59.8 Å².